The Balaban J connectivity index is 1.42. The van der Waals surface area contributed by atoms with E-state index in [2.05, 4.69) is 41.5 Å². The SMILES string of the molecule is Cc1cccc(CCN(Cc2cc3cc4c(cc3[nH]c2=O)OCO4)C(=S)Nc2cccc(Cl)c2)c1. The van der Waals surface area contributed by atoms with Gasteiger partial charge in [-0.05, 0) is 61.5 Å². The first-order valence-corrected chi connectivity index (χ1v) is 12.1. The maximum atomic E-state index is 13.0. The van der Waals surface area contributed by atoms with Crippen molar-refractivity contribution in [3.05, 3.63) is 98.8 Å². The van der Waals surface area contributed by atoms with Crippen molar-refractivity contribution in [2.24, 2.45) is 0 Å². The van der Waals surface area contributed by atoms with Crippen LogP contribution in [0.4, 0.5) is 5.69 Å². The number of hydrogen-bond donors (Lipinski definition) is 2. The van der Waals surface area contributed by atoms with Gasteiger partial charge in [0.2, 0.25) is 6.79 Å². The molecule has 8 heteroatoms. The van der Waals surface area contributed by atoms with Gasteiger partial charge in [0.05, 0.1) is 12.1 Å². The molecular weight excluding hydrogens is 482 g/mol. The lowest BCUT2D eigenvalue weighted by atomic mass is 10.1. The second-order valence-electron chi connectivity index (χ2n) is 8.52. The molecule has 0 unspecified atom stereocenters. The average molecular weight is 506 g/mol. The van der Waals surface area contributed by atoms with Crippen molar-refractivity contribution in [1.82, 2.24) is 9.88 Å². The number of anilines is 1. The molecule has 3 aromatic carbocycles. The lowest BCUT2D eigenvalue weighted by molar-refractivity contribution is 0.174. The second-order valence-corrected chi connectivity index (χ2v) is 9.34. The largest absolute Gasteiger partial charge is 0.454 e. The van der Waals surface area contributed by atoms with Crippen LogP contribution in [0.1, 0.15) is 16.7 Å². The molecule has 5 rings (SSSR count). The molecule has 0 saturated carbocycles. The van der Waals surface area contributed by atoms with E-state index >= 15 is 0 Å². The zero-order chi connectivity index (χ0) is 24.4. The molecule has 6 nitrogen and oxygen atoms in total. The molecule has 0 saturated heterocycles. The molecule has 0 amide bonds. The Kier molecular flexibility index (Phi) is 6.61. The number of thiocarbonyl (C=S) groups is 1. The third-order valence-electron chi connectivity index (χ3n) is 5.89. The topological polar surface area (TPSA) is 66.6 Å². The van der Waals surface area contributed by atoms with Gasteiger partial charge in [-0.2, -0.15) is 0 Å². The molecule has 0 bridgehead atoms. The lowest BCUT2D eigenvalue weighted by Gasteiger charge is -2.26. The van der Waals surface area contributed by atoms with Gasteiger partial charge in [0.25, 0.3) is 5.56 Å². The molecule has 178 valence electrons. The van der Waals surface area contributed by atoms with Gasteiger partial charge in [-0.25, -0.2) is 0 Å². The Morgan fingerprint density at radius 2 is 1.89 bits per heavy atom. The molecule has 0 fully saturated rings. The maximum Gasteiger partial charge on any atom is 0.253 e. The summed E-state index contributed by atoms with van der Waals surface area (Å²) < 4.78 is 10.9. The van der Waals surface area contributed by atoms with Crippen LogP contribution in [0.25, 0.3) is 10.9 Å². The number of fused-ring (bicyclic) bond motifs is 2. The van der Waals surface area contributed by atoms with Crippen molar-refractivity contribution in [2.75, 3.05) is 18.7 Å². The van der Waals surface area contributed by atoms with Crippen molar-refractivity contribution in [3.63, 3.8) is 0 Å². The standard InChI is InChI=1S/C27H24ClN3O3S/c1-17-4-2-5-18(10-17)8-9-31(27(35)29-22-7-3-6-21(28)13-22)15-20-11-19-12-24-25(34-16-33-24)14-23(19)30-26(20)32/h2-7,10-14H,8-9,15-16H2,1H3,(H,29,35)(H,30,32). The lowest BCUT2D eigenvalue weighted by Crippen LogP contribution is -2.37. The summed E-state index contributed by atoms with van der Waals surface area (Å²) in [6.07, 6.45) is 0.781. The minimum Gasteiger partial charge on any atom is -0.454 e. The number of H-pyrrole nitrogens is 1. The highest BCUT2D eigenvalue weighted by Gasteiger charge is 2.18. The Morgan fingerprint density at radius 3 is 2.69 bits per heavy atom. The van der Waals surface area contributed by atoms with E-state index in [1.165, 1.54) is 11.1 Å². The van der Waals surface area contributed by atoms with Crippen LogP contribution in [0.5, 0.6) is 11.5 Å². The predicted molar refractivity (Wildman–Crippen MR) is 144 cm³/mol. The van der Waals surface area contributed by atoms with E-state index in [1.54, 1.807) is 6.07 Å². The molecule has 0 spiro atoms. The zero-order valence-electron chi connectivity index (χ0n) is 19.1. The summed E-state index contributed by atoms with van der Waals surface area (Å²) >= 11 is 11.9. The van der Waals surface area contributed by atoms with Crippen LogP contribution in [0.3, 0.4) is 0 Å². The number of halogens is 1. The van der Waals surface area contributed by atoms with E-state index in [9.17, 15) is 4.79 Å². The van der Waals surface area contributed by atoms with Gasteiger partial charge in [-0.3, -0.25) is 4.79 Å². The summed E-state index contributed by atoms with van der Waals surface area (Å²) in [4.78, 5) is 18.0. The number of hydrogen-bond acceptors (Lipinski definition) is 4. The highest BCUT2D eigenvalue weighted by molar-refractivity contribution is 7.80. The van der Waals surface area contributed by atoms with Gasteiger partial charge in [0.15, 0.2) is 16.6 Å². The Bertz CT molecular complexity index is 1470. The van der Waals surface area contributed by atoms with Gasteiger partial charge in [-0.15, -0.1) is 0 Å². The number of pyridine rings is 1. The molecule has 4 aromatic rings. The molecule has 2 N–H and O–H groups in total. The molecule has 0 aliphatic carbocycles. The first-order chi connectivity index (χ1) is 16.9. The number of benzene rings is 3. The van der Waals surface area contributed by atoms with Crippen LogP contribution in [0.2, 0.25) is 5.02 Å². The van der Waals surface area contributed by atoms with Crippen molar-refractivity contribution in [2.45, 2.75) is 19.9 Å². The number of nitrogens with zero attached hydrogens (tertiary/aromatic N) is 1. The number of rotatable bonds is 6. The van der Waals surface area contributed by atoms with Crippen LogP contribution in [0.15, 0.2) is 71.5 Å². The van der Waals surface area contributed by atoms with Gasteiger partial charge >= 0.3 is 0 Å². The van der Waals surface area contributed by atoms with Gasteiger partial charge < -0.3 is 24.7 Å². The van der Waals surface area contributed by atoms with Crippen molar-refractivity contribution < 1.29 is 9.47 Å². The molecule has 0 atom stereocenters. The number of aryl methyl sites for hydroxylation is 1. The Hall–Kier alpha value is -3.55. The number of aromatic amines is 1. The average Bonchev–Trinajstić information content (AvgIpc) is 3.28. The molecule has 1 aromatic heterocycles. The van der Waals surface area contributed by atoms with E-state index < -0.39 is 0 Å². The van der Waals surface area contributed by atoms with Crippen molar-refractivity contribution in [1.29, 1.82) is 0 Å². The fourth-order valence-corrected chi connectivity index (χ4v) is 4.58. The van der Waals surface area contributed by atoms with E-state index in [4.69, 9.17) is 33.3 Å². The minimum atomic E-state index is -0.164. The number of ether oxygens (including phenoxy) is 2. The van der Waals surface area contributed by atoms with Crippen LogP contribution in [-0.2, 0) is 13.0 Å². The molecule has 35 heavy (non-hydrogen) atoms. The van der Waals surface area contributed by atoms with E-state index in [1.807, 2.05) is 41.3 Å². The third kappa shape index (κ3) is 5.42. The van der Waals surface area contributed by atoms with E-state index in [0.29, 0.717) is 45.8 Å². The zero-order valence-corrected chi connectivity index (χ0v) is 20.7. The quantitative estimate of drug-likeness (QED) is 0.330. The predicted octanol–water partition coefficient (Wildman–Crippen LogP) is 5.66. The molecule has 1 aliphatic rings. The van der Waals surface area contributed by atoms with Crippen LogP contribution < -0.4 is 20.3 Å². The highest BCUT2D eigenvalue weighted by Crippen LogP contribution is 2.35. The number of nitrogens with one attached hydrogen (secondary N) is 2. The van der Waals surface area contributed by atoms with Crippen LogP contribution in [0, 0.1) is 6.92 Å². The van der Waals surface area contributed by atoms with E-state index in [0.717, 1.165) is 17.5 Å². The highest BCUT2D eigenvalue weighted by atomic mass is 35.5. The Morgan fingerprint density at radius 1 is 1.09 bits per heavy atom. The van der Waals surface area contributed by atoms with Crippen molar-refractivity contribution >= 4 is 45.5 Å². The molecule has 1 aliphatic heterocycles. The first-order valence-electron chi connectivity index (χ1n) is 11.3. The van der Waals surface area contributed by atoms with Gasteiger partial charge in [0.1, 0.15) is 0 Å². The third-order valence-corrected chi connectivity index (χ3v) is 6.49. The normalized spacial score (nSPS) is 12.1. The smallest absolute Gasteiger partial charge is 0.253 e. The fraction of sp³-hybridized carbons (Fsp3) is 0.185. The van der Waals surface area contributed by atoms with Crippen LogP contribution >= 0.6 is 23.8 Å². The maximum absolute atomic E-state index is 13.0. The van der Waals surface area contributed by atoms with Gasteiger partial charge in [-0.1, -0.05) is 47.5 Å². The summed E-state index contributed by atoms with van der Waals surface area (Å²) in [6.45, 7) is 3.23. The molecule has 0 radical (unpaired) electrons. The van der Waals surface area contributed by atoms with E-state index in [-0.39, 0.29) is 12.4 Å². The van der Waals surface area contributed by atoms with Crippen molar-refractivity contribution in [3.8, 4) is 11.5 Å². The fourth-order valence-electron chi connectivity index (χ4n) is 4.12. The van der Waals surface area contributed by atoms with Crippen LogP contribution in [-0.4, -0.2) is 28.3 Å². The summed E-state index contributed by atoms with van der Waals surface area (Å²) in [5.74, 6) is 1.30. The summed E-state index contributed by atoms with van der Waals surface area (Å²) in [5, 5.41) is 5.27. The van der Waals surface area contributed by atoms with Gasteiger partial charge in [0, 0.05) is 34.3 Å². The monoisotopic (exact) mass is 505 g/mol. The summed E-state index contributed by atoms with van der Waals surface area (Å²) in [6, 6.07) is 21.4. The minimum absolute atomic E-state index is 0.164. The number of aromatic nitrogens is 1. The Labute approximate surface area is 213 Å². The molecular formula is C27H24ClN3O3S. The summed E-state index contributed by atoms with van der Waals surface area (Å²) in [7, 11) is 0. The second kappa shape index (κ2) is 9.98. The summed E-state index contributed by atoms with van der Waals surface area (Å²) in [5.41, 5.74) is 4.36. The molecule has 2 heterocycles. The first kappa shape index (κ1) is 23.2.